The molecule has 1 aliphatic rings. The Morgan fingerprint density at radius 1 is 1.47 bits per heavy atom. The van der Waals surface area contributed by atoms with Crippen LogP contribution in [-0.2, 0) is 16.0 Å². The molecule has 0 radical (unpaired) electrons. The number of carbonyl (C=O) groups excluding carboxylic acids is 1. The molecule has 0 spiro atoms. The number of halogens is 1. The van der Waals surface area contributed by atoms with Crippen LogP contribution < -0.4 is 0 Å². The van der Waals surface area contributed by atoms with Crippen molar-refractivity contribution in [2.75, 3.05) is 6.61 Å². The standard InChI is InChI=1S/C14H15ClO2/c1-2-17-14(16)8-11-5-3-4-10-6-7-12(15)9-13(10)11/h6-9H,2-5H2,1H3/b11-8-. The van der Waals surface area contributed by atoms with Gasteiger partial charge < -0.3 is 4.74 Å². The summed E-state index contributed by atoms with van der Waals surface area (Å²) in [6.07, 6.45) is 4.62. The summed E-state index contributed by atoms with van der Waals surface area (Å²) in [7, 11) is 0. The molecule has 1 aliphatic carbocycles. The van der Waals surface area contributed by atoms with Gasteiger partial charge in [0.25, 0.3) is 0 Å². The third kappa shape index (κ3) is 2.89. The van der Waals surface area contributed by atoms with E-state index in [9.17, 15) is 4.79 Å². The van der Waals surface area contributed by atoms with Gasteiger partial charge in [0.2, 0.25) is 0 Å². The van der Waals surface area contributed by atoms with E-state index < -0.39 is 0 Å². The second kappa shape index (κ2) is 5.37. The van der Waals surface area contributed by atoms with Crippen LogP contribution in [0.15, 0.2) is 24.3 Å². The number of allylic oxidation sites excluding steroid dienone is 1. The van der Waals surface area contributed by atoms with Crippen LogP contribution >= 0.6 is 11.6 Å². The zero-order valence-corrected chi connectivity index (χ0v) is 10.6. The van der Waals surface area contributed by atoms with E-state index in [1.807, 2.05) is 25.1 Å². The highest BCUT2D eigenvalue weighted by Crippen LogP contribution is 2.32. The summed E-state index contributed by atoms with van der Waals surface area (Å²) in [6.45, 7) is 2.22. The first-order chi connectivity index (χ1) is 8.20. The third-order valence-electron chi connectivity index (χ3n) is 2.89. The lowest BCUT2D eigenvalue weighted by Gasteiger charge is -2.19. The van der Waals surface area contributed by atoms with E-state index in [0.29, 0.717) is 11.6 Å². The molecule has 0 N–H and O–H groups in total. The maximum atomic E-state index is 11.5. The Morgan fingerprint density at radius 2 is 2.29 bits per heavy atom. The lowest BCUT2D eigenvalue weighted by Crippen LogP contribution is -2.06. The predicted molar refractivity (Wildman–Crippen MR) is 69.0 cm³/mol. The fourth-order valence-corrected chi connectivity index (χ4v) is 2.32. The van der Waals surface area contributed by atoms with E-state index in [1.165, 1.54) is 5.56 Å². The highest BCUT2D eigenvalue weighted by atomic mass is 35.5. The quantitative estimate of drug-likeness (QED) is 0.592. The van der Waals surface area contributed by atoms with Crippen LogP contribution in [0.25, 0.3) is 5.57 Å². The van der Waals surface area contributed by atoms with Gasteiger partial charge in [0.1, 0.15) is 0 Å². The maximum absolute atomic E-state index is 11.5. The smallest absolute Gasteiger partial charge is 0.331 e. The van der Waals surface area contributed by atoms with Gasteiger partial charge in [0, 0.05) is 11.1 Å². The van der Waals surface area contributed by atoms with Crippen molar-refractivity contribution in [2.45, 2.75) is 26.2 Å². The van der Waals surface area contributed by atoms with Crippen molar-refractivity contribution in [3.05, 3.63) is 40.4 Å². The first kappa shape index (κ1) is 12.2. The lowest BCUT2D eigenvalue weighted by atomic mass is 9.87. The van der Waals surface area contributed by atoms with Crippen molar-refractivity contribution in [1.82, 2.24) is 0 Å². The molecule has 1 aromatic rings. The van der Waals surface area contributed by atoms with Gasteiger partial charge in [-0.05, 0) is 55.0 Å². The van der Waals surface area contributed by atoms with Crippen LogP contribution in [0.1, 0.15) is 30.9 Å². The minimum atomic E-state index is -0.268. The molecule has 0 unspecified atom stereocenters. The molecule has 0 bridgehead atoms. The SMILES string of the molecule is CCOC(=O)/C=C1/CCCc2ccc(Cl)cc21. The van der Waals surface area contributed by atoms with Crippen LogP contribution in [0, 0.1) is 0 Å². The number of ether oxygens (including phenoxy) is 1. The second-order valence-electron chi connectivity index (χ2n) is 4.08. The monoisotopic (exact) mass is 250 g/mol. The van der Waals surface area contributed by atoms with Crippen molar-refractivity contribution in [2.24, 2.45) is 0 Å². The van der Waals surface area contributed by atoms with E-state index in [1.54, 1.807) is 6.08 Å². The molecular formula is C14H15ClO2. The Kier molecular flexibility index (Phi) is 3.85. The number of rotatable bonds is 2. The fourth-order valence-electron chi connectivity index (χ4n) is 2.15. The Hall–Kier alpha value is -1.28. The zero-order valence-electron chi connectivity index (χ0n) is 9.83. The molecule has 90 valence electrons. The molecule has 0 fully saturated rings. The second-order valence-corrected chi connectivity index (χ2v) is 4.51. The average molecular weight is 251 g/mol. The van der Waals surface area contributed by atoms with Crippen LogP contribution in [-0.4, -0.2) is 12.6 Å². The fraction of sp³-hybridized carbons (Fsp3) is 0.357. The number of aryl methyl sites for hydroxylation is 1. The van der Waals surface area contributed by atoms with Crippen LogP contribution in [0.5, 0.6) is 0 Å². The van der Waals surface area contributed by atoms with Crippen molar-refractivity contribution >= 4 is 23.1 Å². The summed E-state index contributed by atoms with van der Waals surface area (Å²) in [5.74, 6) is -0.268. The molecule has 1 aromatic carbocycles. The number of carbonyl (C=O) groups is 1. The van der Waals surface area contributed by atoms with Crippen LogP contribution in [0.4, 0.5) is 0 Å². The van der Waals surface area contributed by atoms with Crippen molar-refractivity contribution in [3.8, 4) is 0 Å². The van der Waals surface area contributed by atoms with Gasteiger partial charge >= 0.3 is 5.97 Å². The summed E-state index contributed by atoms with van der Waals surface area (Å²) in [6, 6.07) is 5.87. The molecule has 3 heteroatoms. The minimum Gasteiger partial charge on any atom is -0.463 e. The summed E-state index contributed by atoms with van der Waals surface area (Å²) >= 11 is 6.00. The van der Waals surface area contributed by atoms with Gasteiger partial charge in [0.05, 0.1) is 6.61 Å². The van der Waals surface area contributed by atoms with E-state index in [2.05, 4.69) is 0 Å². The Balaban J connectivity index is 2.33. The first-order valence-electron chi connectivity index (χ1n) is 5.87. The molecule has 0 aromatic heterocycles. The van der Waals surface area contributed by atoms with E-state index in [-0.39, 0.29) is 5.97 Å². The van der Waals surface area contributed by atoms with Gasteiger partial charge in [-0.15, -0.1) is 0 Å². The molecule has 0 aliphatic heterocycles. The summed E-state index contributed by atoms with van der Waals surface area (Å²) in [5, 5.41) is 0.709. The van der Waals surface area contributed by atoms with Gasteiger partial charge in [-0.2, -0.15) is 0 Å². The van der Waals surface area contributed by atoms with Crippen molar-refractivity contribution in [1.29, 1.82) is 0 Å². The molecule has 2 nitrogen and oxygen atoms in total. The number of hydrogen-bond donors (Lipinski definition) is 0. The topological polar surface area (TPSA) is 26.3 Å². The van der Waals surface area contributed by atoms with E-state index >= 15 is 0 Å². The molecule has 0 amide bonds. The first-order valence-corrected chi connectivity index (χ1v) is 6.24. The van der Waals surface area contributed by atoms with Crippen LogP contribution in [0.2, 0.25) is 5.02 Å². The summed E-state index contributed by atoms with van der Waals surface area (Å²) in [4.78, 5) is 11.5. The lowest BCUT2D eigenvalue weighted by molar-refractivity contribution is -0.137. The predicted octanol–water partition coefficient (Wildman–Crippen LogP) is 3.62. The van der Waals surface area contributed by atoms with Gasteiger partial charge in [-0.25, -0.2) is 4.79 Å². The normalized spacial score (nSPS) is 16.7. The average Bonchev–Trinajstić information content (AvgIpc) is 2.30. The molecule has 0 saturated carbocycles. The van der Waals surface area contributed by atoms with Crippen molar-refractivity contribution in [3.63, 3.8) is 0 Å². The largest absolute Gasteiger partial charge is 0.463 e. The minimum absolute atomic E-state index is 0.268. The van der Waals surface area contributed by atoms with E-state index in [4.69, 9.17) is 16.3 Å². The van der Waals surface area contributed by atoms with E-state index in [0.717, 1.165) is 30.4 Å². The van der Waals surface area contributed by atoms with Crippen LogP contribution in [0.3, 0.4) is 0 Å². The number of hydrogen-bond acceptors (Lipinski definition) is 2. The molecule has 17 heavy (non-hydrogen) atoms. The summed E-state index contributed by atoms with van der Waals surface area (Å²) < 4.78 is 4.94. The molecule has 2 rings (SSSR count). The Bertz CT molecular complexity index is 463. The maximum Gasteiger partial charge on any atom is 0.331 e. The van der Waals surface area contributed by atoms with Crippen molar-refractivity contribution < 1.29 is 9.53 Å². The number of benzene rings is 1. The number of esters is 1. The van der Waals surface area contributed by atoms with Gasteiger partial charge in [-0.3, -0.25) is 0 Å². The number of fused-ring (bicyclic) bond motifs is 1. The molecule has 0 atom stereocenters. The van der Waals surface area contributed by atoms with Gasteiger partial charge in [0.15, 0.2) is 0 Å². The Morgan fingerprint density at radius 3 is 3.06 bits per heavy atom. The molecule has 0 heterocycles. The molecular weight excluding hydrogens is 236 g/mol. The summed E-state index contributed by atoms with van der Waals surface area (Å²) in [5.41, 5.74) is 3.39. The molecule has 0 saturated heterocycles. The zero-order chi connectivity index (χ0) is 12.3. The third-order valence-corrected chi connectivity index (χ3v) is 3.12. The highest BCUT2D eigenvalue weighted by Gasteiger charge is 2.15. The Labute approximate surface area is 106 Å². The highest BCUT2D eigenvalue weighted by molar-refractivity contribution is 6.30. The van der Waals surface area contributed by atoms with Gasteiger partial charge in [-0.1, -0.05) is 17.7 Å².